The first-order valence-corrected chi connectivity index (χ1v) is 6.07. The normalized spacial score (nSPS) is 31.9. The summed E-state index contributed by atoms with van der Waals surface area (Å²) in [7, 11) is 0. The van der Waals surface area contributed by atoms with E-state index in [0.29, 0.717) is 0 Å². The molecule has 0 aliphatic carbocycles. The van der Waals surface area contributed by atoms with Crippen LogP contribution >= 0.6 is 0 Å². The summed E-state index contributed by atoms with van der Waals surface area (Å²) in [6, 6.07) is 0.839. The highest BCUT2D eigenvalue weighted by Crippen LogP contribution is 2.15. The van der Waals surface area contributed by atoms with Gasteiger partial charge in [0.25, 0.3) is 0 Å². The van der Waals surface area contributed by atoms with Crippen molar-refractivity contribution in [1.29, 1.82) is 0 Å². The van der Waals surface area contributed by atoms with Gasteiger partial charge >= 0.3 is 0 Å². The molecule has 2 heterocycles. The van der Waals surface area contributed by atoms with Crippen LogP contribution in [-0.4, -0.2) is 61.7 Å². The maximum Gasteiger partial charge on any atom is 0.0224 e. The molecular formula is C11H23N3. The molecule has 0 amide bonds. The van der Waals surface area contributed by atoms with Crippen LogP contribution in [0.4, 0.5) is 0 Å². The predicted octanol–water partition coefficient (Wildman–Crippen LogP) is 0.376. The van der Waals surface area contributed by atoms with Gasteiger partial charge in [-0.3, -0.25) is 4.90 Å². The van der Waals surface area contributed by atoms with Crippen LogP contribution in [0.3, 0.4) is 0 Å². The first kappa shape index (κ1) is 10.4. The highest BCUT2D eigenvalue weighted by atomic mass is 15.3. The molecule has 0 saturated carbocycles. The Bertz CT molecular complexity index is 166. The predicted molar refractivity (Wildman–Crippen MR) is 59.6 cm³/mol. The second-order valence-corrected chi connectivity index (χ2v) is 4.48. The van der Waals surface area contributed by atoms with Crippen molar-refractivity contribution in [2.75, 3.05) is 45.8 Å². The fraction of sp³-hybridized carbons (Fsp3) is 1.00. The Kier molecular flexibility index (Phi) is 3.79. The molecule has 2 aliphatic rings. The molecule has 0 aromatic carbocycles. The highest BCUT2D eigenvalue weighted by molar-refractivity contribution is 4.82. The van der Waals surface area contributed by atoms with E-state index in [2.05, 4.69) is 22.0 Å². The van der Waals surface area contributed by atoms with Crippen molar-refractivity contribution in [2.24, 2.45) is 0 Å². The van der Waals surface area contributed by atoms with Crippen LogP contribution in [0.15, 0.2) is 0 Å². The monoisotopic (exact) mass is 197 g/mol. The third-order valence-corrected chi connectivity index (χ3v) is 3.60. The molecular weight excluding hydrogens is 174 g/mol. The lowest BCUT2D eigenvalue weighted by Gasteiger charge is -2.40. The maximum absolute atomic E-state index is 3.42. The second kappa shape index (κ2) is 5.10. The molecule has 2 aliphatic heterocycles. The smallest absolute Gasteiger partial charge is 0.0224 e. The summed E-state index contributed by atoms with van der Waals surface area (Å²) in [6.45, 7) is 11.0. The van der Waals surface area contributed by atoms with Gasteiger partial charge in [0.05, 0.1) is 0 Å². The Morgan fingerprint density at radius 2 is 2.00 bits per heavy atom. The van der Waals surface area contributed by atoms with Crippen LogP contribution in [0.5, 0.6) is 0 Å². The van der Waals surface area contributed by atoms with E-state index in [1.54, 1.807) is 0 Å². The molecule has 3 heteroatoms. The lowest BCUT2D eigenvalue weighted by Crippen LogP contribution is -2.53. The quantitative estimate of drug-likeness (QED) is 0.690. The third-order valence-electron chi connectivity index (χ3n) is 3.60. The molecule has 82 valence electrons. The second-order valence-electron chi connectivity index (χ2n) is 4.48. The highest BCUT2D eigenvalue weighted by Gasteiger charge is 2.25. The van der Waals surface area contributed by atoms with Crippen molar-refractivity contribution in [3.8, 4) is 0 Å². The molecule has 0 radical (unpaired) electrons. The Morgan fingerprint density at radius 1 is 1.21 bits per heavy atom. The van der Waals surface area contributed by atoms with Gasteiger partial charge in [-0.05, 0) is 25.9 Å². The molecule has 1 N–H and O–H groups in total. The number of rotatable bonds is 2. The summed E-state index contributed by atoms with van der Waals surface area (Å²) in [4.78, 5) is 5.27. The fourth-order valence-corrected chi connectivity index (χ4v) is 2.66. The van der Waals surface area contributed by atoms with Gasteiger partial charge in [0, 0.05) is 38.8 Å². The van der Waals surface area contributed by atoms with E-state index >= 15 is 0 Å². The van der Waals surface area contributed by atoms with Gasteiger partial charge in [-0.2, -0.15) is 0 Å². The lowest BCUT2D eigenvalue weighted by atomic mass is 10.0. The van der Waals surface area contributed by atoms with E-state index in [1.807, 2.05) is 0 Å². The summed E-state index contributed by atoms with van der Waals surface area (Å²) in [5.74, 6) is 0. The van der Waals surface area contributed by atoms with Crippen LogP contribution in [-0.2, 0) is 0 Å². The minimum absolute atomic E-state index is 0.839. The van der Waals surface area contributed by atoms with E-state index in [1.165, 1.54) is 58.7 Å². The molecule has 0 bridgehead atoms. The Labute approximate surface area is 87.4 Å². The average Bonchev–Trinajstić information content (AvgIpc) is 2.30. The molecule has 0 unspecified atom stereocenters. The van der Waals surface area contributed by atoms with Crippen molar-refractivity contribution in [3.05, 3.63) is 0 Å². The average molecular weight is 197 g/mol. The van der Waals surface area contributed by atoms with Crippen molar-refractivity contribution < 1.29 is 0 Å². The third kappa shape index (κ3) is 2.47. The minimum Gasteiger partial charge on any atom is -0.314 e. The summed E-state index contributed by atoms with van der Waals surface area (Å²) in [5, 5.41) is 3.42. The molecule has 0 spiro atoms. The van der Waals surface area contributed by atoms with Crippen LogP contribution < -0.4 is 5.32 Å². The van der Waals surface area contributed by atoms with Crippen LogP contribution in [0.2, 0.25) is 0 Å². The maximum atomic E-state index is 3.42. The zero-order chi connectivity index (χ0) is 9.80. The van der Waals surface area contributed by atoms with E-state index in [0.717, 1.165) is 6.04 Å². The number of nitrogens with one attached hydrogen (secondary N) is 1. The number of piperazine rings is 1. The molecule has 0 aromatic rings. The van der Waals surface area contributed by atoms with Crippen molar-refractivity contribution >= 4 is 0 Å². The number of hydrogen-bond acceptors (Lipinski definition) is 3. The Morgan fingerprint density at radius 3 is 2.71 bits per heavy atom. The zero-order valence-electron chi connectivity index (χ0n) is 9.34. The first-order valence-electron chi connectivity index (χ1n) is 6.07. The van der Waals surface area contributed by atoms with E-state index in [-0.39, 0.29) is 0 Å². The van der Waals surface area contributed by atoms with Crippen LogP contribution in [0, 0.1) is 0 Å². The molecule has 2 rings (SSSR count). The van der Waals surface area contributed by atoms with E-state index in [4.69, 9.17) is 0 Å². The van der Waals surface area contributed by atoms with Crippen LogP contribution in [0.1, 0.15) is 19.8 Å². The van der Waals surface area contributed by atoms with Crippen LogP contribution in [0.25, 0.3) is 0 Å². The largest absolute Gasteiger partial charge is 0.314 e. The Hall–Kier alpha value is -0.120. The molecule has 2 saturated heterocycles. The number of likely N-dealkylation sites (N-methyl/N-ethyl adjacent to an activating group) is 1. The SMILES string of the molecule is CCN1CCC[C@H](N2CCNCC2)C1. The summed E-state index contributed by atoms with van der Waals surface area (Å²) in [5.41, 5.74) is 0. The van der Waals surface area contributed by atoms with E-state index < -0.39 is 0 Å². The number of piperidine rings is 1. The topological polar surface area (TPSA) is 18.5 Å². The van der Waals surface area contributed by atoms with Gasteiger partial charge < -0.3 is 10.2 Å². The van der Waals surface area contributed by atoms with Gasteiger partial charge in [-0.1, -0.05) is 6.92 Å². The summed E-state index contributed by atoms with van der Waals surface area (Å²) in [6.07, 6.45) is 2.80. The molecule has 14 heavy (non-hydrogen) atoms. The lowest BCUT2D eigenvalue weighted by molar-refractivity contribution is 0.0906. The van der Waals surface area contributed by atoms with Crippen molar-refractivity contribution in [2.45, 2.75) is 25.8 Å². The number of likely N-dealkylation sites (tertiary alicyclic amines) is 1. The molecule has 3 nitrogen and oxygen atoms in total. The Balaban J connectivity index is 1.83. The fourth-order valence-electron chi connectivity index (χ4n) is 2.66. The van der Waals surface area contributed by atoms with Gasteiger partial charge in [0.1, 0.15) is 0 Å². The summed E-state index contributed by atoms with van der Waals surface area (Å²) >= 11 is 0. The van der Waals surface area contributed by atoms with Gasteiger partial charge in [-0.15, -0.1) is 0 Å². The zero-order valence-corrected chi connectivity index (χ0v) is 9.34. The van der Waals surface area contributed by atoms with Gasteiger partial charge in [-0.25, -0.2) is 0 Å². The molecule has 0 aromatic heterocycles. The molecule has 1 atom stereocenters. The van der Waals surface area contributed by atoms with Gasteiger partial charge in [0.2, 0.25) is 0 Å². The van der Waals surface area contributed by atoms with E-state index in [9.17, 15) is 0 Å². The summed E-state index contributed by atoms with van der Waals surface area (Å²) < 4.78 is 0. The minimum atomic E-state index is 0.839. The van der Waals surface area contributed by atoms with Gasteiger partial charge in [0.15, 0.2) is 0 Å². The number of nitrogens with zero attached hydrogens (tertiary/aromatic N) is 2. The number of hydrogen-bond donors (Lipinski definition) is 1. The van der Waals surface area contributed by atoms with Crippen molar-refractivity contribution in [1.82, 2.24) is 15.1 Å². The molecule has 2 fully saturated rings. The first-order chi connectivity index (χ1) is 6.90. The standard InChI is InChI=1S/C11H23N3/c1-2-13-7-3-4-11(10-13)14-8-5-12-6-9-14/h11-12H,2-10H2,1H3/t11-/m0/s1. The van der Waals surface area contributed by atoms with Crippen molar-refractivity contribution in [3.63, 3.8) is 0 Å².